The Bertz CT molecular complexity index is 271. The van der Waals surface area contributed by atoms with Gasteiger partial charge in [-0.3, -0.25) is 0 Å². The molecule has 0 aliphatic rings. The number of rotatable bonds is 7. The second-order valence-corrected chi connectivity index (χ2v) is 4.70. The molecule has 0 bridgehead atoms. The van der Waals surface area contributed by atoms with Crippen LogP contribution >= 0.6 is 0 Å². The van der Waals surface area contributed by atoms with E-state index in [0.717, 1.165) is 13.2 Å². The van der Waals surface area contributed by atoms with Gasteiger partial charge < -0.3 is 10.1 Å². The van der Waals surface area contributed by atoms with E-state index in [1.807, 2.05) is 18.2 Å². The number of benzene rings is 1. The Morgan fingerprint density at radius 3 is 2.44 bits per heavy atom. The van der Waals surface area contributed by atoms with Gasteiger partial charge in [0.15, 0.2) is 0 Å². The lowest BCUT2D eigenvalue weighted by molar-refractivity contribution is 0.102. The van der Waals surface area contributed by atoms with Crippen molar-refractivity contribution in [2.24, 2.45) is 5.92 Å². The van der Waals surface area contributed by atoms with Crippen LogP contribution in [-0.4, -0.2) is 19.2 Å². The summed E-state index contributed by atoms with van der Waals surface area (Å²) >= 11 is 0. The van der Waals surface area contributed by atoms with Gasteiger partial charge >= 0.3 is 0 Å². The van der Waals surface area contributed by atoms with Crippen LogP contribution in [0.3, 0.4) is 0 Å². The van der Waals surface area contributed by atoms with Gasteiger partial charge in [-0.1, -0.05) is 44.2 Å². The first-order valence-corrected chi connectivity index (χ1v) is 6.03. The average Bonchev–Trinajstić information content (AvgIpc) is 2.28. The van der Waals surface area contributed by atoms with E-state index in [9.17, 15) is 0 Å². The molecule has 0 aliphatic carbocycles. The maximum Gasteiger partial charge on any atom is 0.0717 e. The molecule has 0 saturated carbocycles. The number of hydrogen-bond donors (Lipinski definition) is 1. The zero-order valence-corrected chi connectivity index (χ0v) is 10.6. The largest absolute Gasteiger partial charge is 0.375 e. The van der Waals surface area contributed by atoms with Crippen molar-refractivity contribution < 1.29 is 4.74 Å². The fourth-order valence-corrected chi connectivity index (χ4v) is 1.42. The first kappa shape index (κ1) is 13.2. The molecule has 0 aromatic heterocycles. The average molecular weight is 221 g/mol. The predicted molar refractivity (Wildman–Crippen MR) is 68.4 cm³/mol. The van der Waals surface area contributed by atoms with Crippen molar-refractivity contribution in [3.05, 3.63) is 35.9 Å². The molecule has 2 heteroatoms. The molecule has 90 valence electrons. The highest BCUT2D eigenvalue weighted by atomic mass is 16.5. The Hall–Kier alpha value is -0.860. The van der Waals surface area contributed by atoms with Gasteiger partial charge in [0, 0.05) is 6.04 Å². The van der Waals surface area contributed by atoms with E-state index in [0.29, 0.717) is 18.6 Å². The topological polar surface area (TPSA) is 21.3 Å². The molecule has 16 heavy (non-hydrogen) atoms. The number of hydrogen-bond acceptors (Lipinski definition) is 2. The van der Waals surface area contributed by atoms with Crippen LogP contribution in [0, 0.1) is 5.92 Å². The fraction of sp³-hybridized carbons (Fsp3) is 0.571. The Balaban J connectivity index is 2.11. The lowest BCUT2D eigenvalue weighted by Crippen LogP contribution is -2.33. The van der Waals surface area contributed by atoms with E-state index in [2.05, 4.69) is 38.2 Å². The Labute approximate surface area is 99.0 Å². The van der Waals surface area contributed by atoms with Crippen molar-refractivity contribution in [1.82, 2.24) is 5.32 Å². The normalized spacial score (nSPS) is 13.0. The SMILES string of the molecule is CC(C)CNC(C)COCc1ccccc1. The lowest BCUT2D eigenvalue weighted by atomic mass is 10.2. The van der Waals surface area contributed by atoms with E-state index in [1.54, 1.807) is 0 Å². The summed E-state index contributed by atoms with van der Waals surface area (Å²) in [4.78, 5) is 0. The highest BCUT2D eigenvalue weighted by molar-refractivity contribution is 5.13. The second kappa shape index (κ2) is 7.42. The molecule has 1 unspecified atom stereocenters. The number of ether oxygens (including phenoxy) is 1. The molecule has 1 N–H and O–H groups in total. The van der Waals surface area contributed by atoms with Crippen LogP contribution in [0.5, 0.6) is 0 Å². The van der Waals surface area contributed by atoms with Crippen LogP contribution in [0.1, 0.15) is 26.3 Å². The van der Waals surface area contributed by atoms with Gasteiger partial charge in [0.25, 0.3) is 0 Å². The highest BCUT2D eigenvalue weighted by Gasteiger charge is 2.02. The quantitative estimate of drug-likeness (QED) is 0.764. The summed E-state index contributed by atoms with van der Waals surface area (Å²) < 4.78 is 5.65. The molecule has 0 radical (unpaired) electrons. The molecule has 1 rings (SSSR count). The highest BCUT2D eigenvalue weighted by Crippen LogP contribution is 2.01. The molecule has 0 aliphatic heterocycles. The van der Waals surface area contributed by atoms with Crippen molar-refractivity contribution in [3.8, 4) is 0 Å². The molecule has 1 aromatic rings. The van der Waals surface area contributed by atoms with E-state index >= 15 is 0 Å². The van der Waals surface area contributed by atoms with E-state index in [4.69, 9.17) is 4.74 Å². The Kier molecular flexibility index (Phi) is 6.12. The van der Waals surface area contributed by atoms with Crippen molar-refractivity contribution >= 4 is 0 Å². The standard InChI is InChI=1S/C14H23NO/c1-12(2)9-15-13(3)10-16-11-14-7-5-4-6-8-14/h4-8,12-13,15H,9-11H2,1-3H3. The van der Waals surface area contributed by atoms with E-state index in [1.165, 1.54) is 5.56 Å². The summed E-state index contributed by atoms with van der Waals surface area (Å²) in [6, 6.07) is 10.7. The van der Waals surface area contributed by atoms with Crippen LogP contribution in [0.4, 0.5) is 0 Å². The monoisotopic (exact) mass is 221 g/mol. The summed E-state index contributed by atoms with van der Waals surface area (Å²) in [7, 11) is 0. The molecular weight excluding hydrogens is 198 g/mol. The molecule has 0 spiro atoms. The van der Waals surface area contributed by atoms with E-state index in [-0.39, 0.29) is 0 Å². The summed E-state index contributed by atoms with van der Waals surface area (Å²) in [5.74, 6) is 0.691. The molecule has 0 amide bonds. The van der Waals surface area contributed by atoms with Gasteiger partial charge in [-0.2, -0.15) is 0 Å². The second-order valence-electron chi connectivity index (χ2n) is 4.70. The van der Waals surface area contributed by atoms with Gasteiger partial charge in [0.05, 0.1) is 13.2 Å². The first-order valence-electron chi connectivity index (χ1n) is 6.03. The molecule has 1 aromatic carbocycles. The summed E-state index contributed by atoms with van der Waals surface area (Å²) in [5, 5.41) is 3.44. The molecular formula is C14H23NO. The lowest BCUT2D eigenvalue weighted by Gasteiger charge is -2.15. The molecule has 0 heterocycles. The fourth-order valence-electron chi connectivity index (χ4n) is 1.42. The van der Waals surface area contributed by atoms with Crippen LogP contribution in [0.15, 0.2) is 30.3 Å². The van der Waals surface area contributed by atoms with Crippen LogP contribution in [-0.2, 0) is 11.3 Å². The third-order valence-corrected chi connectivity index (χ3v) is 2.35. The van der Waals surface area contributed by atoms with E-state index < -0.39 is 0 Å². The third-order valence-electron chi connectivity index (χ3n) is 2.35. The minimum Gasteiger partial charge on any atom is -0.375 e. The third kappa shape index (κ3) is 5.89. The Morgan fingerprint density at radius 1 is 1.12 bits per heavy atom. The summed E-state index contributed by atoms with van der Waals surface area (Å²) in [6.45, 7) is 9.11. The van der Waals surface area contributed by atoms with Gasteiger partial charge in [-0.05, 0) is 24.9 Å². The molecule has 0 fully saturated rings. The number of nitrogens with one attached hydrogen (secondary N) is 1. The summed E-state index contributed by atoms with van der Waals surface area (Å²) in [5.41, 5.74) is 1.23. The maximum absolute atomic E-state index is 5.65. The Morgan fingerprint density at radius 2 is 1.81 bits per heavy atom. The van der Waals surface area contributed by atoms with Crippen LogP contribution in [0.2, 0.25) is 0 Å². The van der Waals surface area contributed by atoms with Gasteiger partial charge in [0.2, 0.25) is 0 Å². The zero-order valence-electron chi connectivity index (χ0n) is 10.6. The van der Waals surface area contributed by atoms with Crippen LogP contribution < -0.4 is 5.32 Å². The predicted octanol–water partition coefficient (Wildman–Crippen LogP) is 2.84. The minimum atomic E-state index is 0.422. The first-order chi connectivity index (χ1) is 7.68. The van der Waals surface area contributed by atoms with Gasteiger partial charge in [-0.15, -0.1) is 0 Å². The smallest absolute Gasteiger partial charge is 0.0717 e. The van der Waals surface area contributed by atoms with Crippen molar-refractivity contribution in [3.63, 3.8) is 0 Å². The minimum absolute atomic E-state index is 0.422. The van der Waals surface area contributed by atoms with Crippen molar-refractivity contribution in [1.29, 1.82) is 0 Å². The molecule has 0 saturated heterocycles. The summed E-state index contributed by atoms with van der Waals surface area (Å²) in [6.07, 6.45) is 0. The maximum atomic E-state index is 5.65. The van der Waals surface area contributed by atoms with Crippen molar-refractivity contribution in [2.45, 2.75) is 33.4 Å². The molecule has 1 atom stereocenters. The van der Waals surface area contributed by atoms with Crippen LogP contribution in [0.25, 0.3) is 0 Å². The van der Waals surface area contributed by atoms with Crippen molar-refractivity contribution in [2.75, 3.05) is 13.2 Å². The van der Waals surface area contributed by atoms with Gasteiger partial charge in [-0.25, -0.2) is 0 Å². The molecule has 2 nitrogen and oxygen atoms in total. The zero-order chi connectivity index (χ0) is 11.8. The van der Waals surface area contributed by atoms with Gasteiger partial charge in [0.1, 0.15) is 0 Å².